The van der Waals surface area contributed by atoms with Gasteiger partial charge < -0.3 is 9.64 Å². The highest BCUT2D eigenvalue weighted by Gasteiger charge is 2.23. The lowest BCUT2D eigenvalue weighted by atomic mass is 10.2. The Morgan fingerprint density at radius 3 is 2.47 bits per heavy atom. The van der Waals surface area contributed by atoms with E-state index in [2.05, 4.69) is 0 Å². The fraction of sp³-hybridized carbons (Fsp3) is 0.182. The Balaban J connectivity index is 1.68. The van der Waals surface area contributed by atoms with Crippen LogP contribution in [0, 0.1) is 0 Å². The Hall–Kier alpha value is -2.88. The Morgan fingerprint density at radius 1 is 1.03 bits per heavy atom. The van der Waals surface area contributed by atoms with E-state index in [1.54, 1.807) is 25.2 Å². The summed E-state index contributed by atoms with van der Waals surface area (Å²) in [5, 5.41) is 2.31. The minimum Gasteiger partial charge on any atom is -0.452 e. The molecule has 0 bridgehead atoms. The van der Waals surface area contributed by atoms with Gasteiger partial charge in [-0.3, -0.25) is 9.10 Å². The van der Waals surface area contributed by atoms with E-state index in [0.29, 0.717) is 17.3 Å². The third-order valence-electron chi connectivity index (χ3n) is 4.63. The molecule has 0 aliphatic heterocycles. The monoisotopic (exact) mass is 492 g/mol. The first-order valence-electron chi connectivity index (χ1n) is 9.46. The molecule has 0 N–H and O–H groups in total. The summed E-state index contributed by atoms with van der Waals surface area (Å²) in [6.45, 7) is -0.0300. The molecule has 0 saturated heterocycles. The molecule has 0 atom stereocenters. The molecule has 0 fully saturated rings. The summed E-state index contributed by atoms with van der Waals surface area (Å²) < 4.78 is 32.2. The molecule has 168 valence electrons. The van der Waals surface area contributed by atoms with Gasteiger partial charge in [-0.15, -0.1) is 11.3 Å². The number of rotatable bonds is 8. The average molecular weight is 493 g/mol. The van der Waals surface area contributed by atoms with Crippen molar-refractivity contribution in [3.05, 3.63) is 81.5 Å². The van der Waals surface area contributed by atoms with Gasteiger partial charge in [0.05, 0.1) is 22.7 Å². The van der Waals surface area contributed by atoms with Crippen LogP contribution in [-0.2, 0) is 26.1 Å². The van der Waals surface area contributed by atoms with Crippen molar-refractivity contribution in [1.82, 2.24) is 4.90 Å². The van der Waals surface area contributed by atoms with Gasteiger partial charge in [-0.25, -0.2) is 13.2 Å². The summed E-state index contributed by atoms with van der Waals surface area (Å²) in [4.78, 5) is 27.1. The van der Waals surface area contributed by atoms with Crippen LogP contribution < -0.4 is 4.31 Å². The number of carbonyl (C=O) groups excluding carboxylic acids is 2. The molecule has 0 spiro atoms. The predicted molar refractivity (Wildman–Crippen MR) is 125 cm³/mol. The first kappa shape index (κ1) is 23.8. The van der Waals surface area contributed by atoms with Gasteiger partial charge in [-0.1, -0.05) is 29.8 Å². The second kappa shape index (κ2) is 10.2. The number of sulfonamides is 1. The Kier molecular flexibility index (Phi) is 7.55. The number of halogens is 1. The molecule has 0 unspecified atom stereocenters. The van der Waals surface area contributed by atoms with Gasteiger partial charge >= 0.3 is 5.97 Å². The normalized spacial score (nSPS) is 11.1. The largest absolute Gasteiger partial charge is 0.452 e. The van der Waals surface area contributed by atoms with Gasteiger partial charge in [0.2, 0.25) is 0 Å². The minimum absolute atomic E-state index is 0.0271. The quantitative estimate of drug-likeness (QED) is 0.443. The van der Waals surface area contributed by atoms with Gasteiger partial charge in [0.25, 0.3) is 15.9 Å². The lowest BCUT2D eigenvalue weighted by molar-refractivity contribution is -0.133. The van der Waals surface area contributed by atoms with Crippen molar-refractivity contribution in [2.75, 3.05) is 25.0 Å². The first-order chi connectivity index (χ1) is 15.2. The highest BCUT2D eigenvalue weighted by Crippen LogP contribution is 2.25. The van der Waals surface area contributed by atoms with Crippen LogP contribution in [0.1, 0.15) is 15.2 Å². The second-order valence-corrected chi connectivity index (χ2v) is 10.3. The minimum atomic E-state index is -3.95. The molecule has 0 saturated carbocycles. The third kappa shape index (κ3) is 5.67. The van der Waals surface area contributed by atoms with Crippen molar-refractivity contribution >= 4 is 50.5 Å². The molecule has 32 heavy (non-hydrogen) atoms. The maximum absolute atomic E-state index is 13.0. The molecule has 1 heterocycles. The summed E-state index contributed by atoms with van der Waals surface area (Å²) >= 11 is 7.49. The molecule has 7 nitrogen and oxygen atoms in total. The summed E-state index contributed by atoms with van der Waals surface area (Å²) in [6, 6.07) is 15.7. The fourth-order valence-corrected chi connectivity index (χ4v) is 4.97. The SMILES string of the molecule is CN(Cc1cccs1)C(=O)COC(=O)c1cccc(S(=O)(=O)N(C)c2cccc(Cl)c2)c1. The summed E-state index contributed by atoms with van der Waals surface area (Å²) in [7, 11) is -0.929. The smallest absolute Gasteiger partial charge is 0.338 e. The maximum atomic E-state index is 13.0. The summed E-state index contributed by atoms with van der Waals surface area (Å²) in [5.74, 6) is -1.15. The van der Waals surface area contributed by atoms with E-state index in [1.807, 2.05) is 17.5 Å². The van der Waals surface area contributed by atoms with Crippen LogP contribution in [0.3, 0.4) is 0 Å². The van der Waals surface area contributed by atoms with Crippen molar-refractivity contribution in [3.8, 4) is 0 Å². The molecule has 0 radical (unpaired) electrons. The number of benzene rings is 2. The zero-order valence-corrected chi connectivity index (χ0v) is 19.8. The number of carbonyl (C=O) groups is 2. The lowest BCUT2D eigenvalue weighted by Crippen LogP contribution is -2.30. The van der Waals surface area contributed by atoms with Crippen LogP contribution in [0.2, 0.25) is 5.02 Å². The van der Waals surface area contributed by atoms with E-state index in [-0.39, 0.29) is 16.4 Å². The molecule has 3 aromatic rings. The molecular weight excluding hydrogens is 472 g/mol. The maximum Gasteiger partial charge on any atom is 0.338 e. The average Bonchev–Trinajstić information content (AvgIpc) is 3.29. The number of nitrogens with zero attached hydrogens (tertiary/aromatic N) is 2. The molecular formula is C22H21ClN2O5S2. The van der Waals surface area contributed by atoms with E-state index >= 15 is 0 Å². The van der Waals surface area contributed by atoms with Gasteiger partial charge in [0.1, 0.15) is 0 Å². The molecule has 1 aromatic heterocycles. The Labute approximate surface area is 195 Å². The number of anilines is 1. The summed E-state index contributed by atoms with van der Waals surface area (Å²) in [5.41, 5.74) is 0.407. The van der Waals surface area contributed by atoms with Crippen molar-refractivity contribution < 1.29 is 22.7 Å². The zero-order chi connectivity index (χ0) is 23.3. The van der Waals surface area contributed by atoms with E-state index < -0.39 is 22.6 Å². The Morgan fingerprint density at radius 2 is 1.78 bits per heavy atom. The molecule has 2 aromatic carbocycles. The van der Waals surface area contributed by atoms with E-state index in [1.165, 1.54) is 53.6 Å². The van der Waals surface area contributed by atoms with E-state index in [9.17, 15) is 18.0 Å². The predicted octanol–water partition coefficient (Wildman–Crippen LogP) is 4.04. The molecule has 1 amide bonds. The standard InChI is InChI=1S/C22H21ClN2O5S2/c1-24(14-19-9-5-11-31-19)21(26)15-30-22(27)16-6-3-10-20(12-16)32(28,29)25(2)18-8-4-7-17(23)13-18/h3-13H,14-15H2,1-2H3. The van der Waals surface area contributed by atoms with Crippen molar-refractivity contribution in [3.63, 3.8) is 0 Å². The van der Waals surface area contributed by atoms with E-state index in [4.69, 9.17) is 16.3 Å². The number of ether oxygens (including phenoxy) is 1. The zero-order valence-electron chi connectivity index (χ0n) is 17.4. The number of thiophene rings is 1. The number of amides is 1. The number of likely N-dealkylation sites (N-methyl/N-ethyl adjacent to an activating group) is 1. The van der Waals surface area contributed by atoms with Crippen LogP contribution in [0.4, 0.5) is 5.69 Å². The van der Waals surface area contributed by atoms with Crippen LogP contribution in [0.15, 0.2) is 70.9 Å². The topological polar surface area (TPSA) is 84.0 Å². The number of hydrogen-bond donors (Lipinski definition) is 0. The van der Waals surface area contributed by atoms with Gasteiger partial charge in [-0.2, -0.15) is 0 Å². The van der Waals surface area contributed by atoms with E-state index in [0.717, 1.165) is 9.18 Å². The Bertz CT molecular complexity index is 1210. The molecule has 10 heteroatoms. The number of hydrogen-bond acceptors (Lipinski definition) is 6. The van der Waals surface area contributed by atoms with Crippen LogP contribution in [-0.4, -0.2) is 45.9 Å². The highest BCUT2D eigenvalue weighted by molar-refractivity contribution is 7.92. The lowest BCUT2D eigenvalue weighted by Gasteiger charge is -2.20. The first-order valence-corrected chi connectivity index (χ1v) is 12.2. The van der Waals surface area contributed by atoms with Gasteiger partial charge in [-0.05, 0) is 47.8 Å². The van der Waals surface area contributed by atoms with Crippen molar-refractivity contribution in [2.24, 2.45) is 0 Å². The van der Waals surface area contributed by atoms with Crippen LogP contribution >= 0.6 is 22.9 Å². The molecule has 0 aliphatic carbocycles. The fourth-order valence-electron chi connectivity index (χ4n) is 2.80. The number of esters is 1. The van der Waals surface area contributed by atoms with Crippen LogP contribution in [0.25, 0.3) is 0 Å². The highest BCUT2D eigenvalue weighted by atomic mass is 35.5. The third-order valence-corrected chi connectivity index (χ3v) is 7.50. The molecule has 0 aliphatic rings. The van der Waals surface area contributed by atoms with Gasteiger partial charge in [0.15, 0.2) is 6.61 Å². The van der Waals surface area contributed by atoms with Crippen molar-refractivity contribution in [2.45, 2.75) is 11.4 Å². The second-order valence-electron chi connectivity index (χ2n) is 6.89. The van der Waals surface area contributed by atoms with Crippen molar-refractivity contribution in [1.29, 1.82) is 0 Å². The summed E-state index contributed by atoms with van der Waals surface area (Å²) in [6.07, 6.45) is 0. The van der Waals surface area contributed by atoms with Gasteiger partial charge in [0, 0.05) is 24.0 Å². The molecule has 3 rings (SSSR count). The van der Waals surface area contributed by atoms with Crippen LogP contribution in [0.5, 0.6) is 0 Å².